The molecule has 2 rings (SSSR count). The van der Waals surface area contributed by atoms with Gasteiger partial charge in [0.25, 0.3) is 0 Å². The molecule has 3 N–H and O–H groups in total. The van der Waals surface area contributed by atoms with Crippen LogP contribution in [0, 0.1) is 0 Å². The van der Waals surface area contributed by atoms with Crippen molar-refractivity contribution in [2.45, 2.75) is 24.6 Å². The van der Waals surface area contributed by atoms with Crippen LogP contribution < -0.4 is 11.1 Å². The van der Waals surface area contributed by atoms with Crippen LogP contribution in [0.4, 0.5) is 11.4 Å². The first-order valence-corrected chi connectivity index (χ1v) is 6.11. The highest BCUT2D eigenvalue weighted by atomic mass is 32.2. The molecule has 1 aliphatic carbocycles. The number of benzene rings is 1. The Bertz CT molecular complexity index is 391. The van der Waals surface area contributed by atoms with E-state index < -0.39 is 11.1 Å². The molecule has 1 unspecified atom stereocenters. The van der Waals surface area contributed by atoms with Crippen LogP contribution in [0.15, 0.2) is 18.2 Å². The Labute approximate surface area is 91.2 Å². The van der Waals surface area contributed by atoms with E-state index in [1.54, 1.807) is 18.2 Å². The molecule has 0 saturated heterocycles. The molecule has 0 spiro atoms. The van der Waals surface area contributed by atoms with Crippen molar-refractivity contribution in [3.05, 3.63) is 23.8 Å². The Morgan fingerprint density at radius 1 is 1.53 bits per heavy atom. The highest BCUT2D eigenvalue weighted by Crippen LogP contribution is 2.31. The third-order valence-electron chi connectivity index (χ3n) is 2.38. The summed E-state index contributed by atoms with van der Waals surface area (Å²) in [6.45, 7) is 0. The van der Waals surface area contributed by atoms with Gasteiger partial charge in [-0.25, -0.2) is 0 Å². The number of hydrogen-bond donors (Lipinski definition) is 2. The van der Waals surface area contributed by atoms with Crippen LogP contribution in [0.1, 0.15) is 18.4 Å². The molecule has 1 aromatic rings. The lowest BCUT2D eigenvalue weighted by Gasteiger charge is -2.15. The van der Waals surface area contributed by atoms with Crippen LogP contribution in [-0.4, -0.2) is 14.8 Å². The lowest BCUT2D eigenvalue weighted by atomic mass is 10.1. The van der Waals surface area contributed by atoms with E-state index in [4.69, 9.17) is 5.73 Å². The average Bonchev–Trinajstić information content (AvgIpc) is 2.94. The molecular weight excluding hydrogens is 212 g/mol. The summed E-state index contributed by atoms with van der Waals surface area (Å²) in [4.78, 5) is 0. The van der Waals surface area contributed by atoms with Gasteiger partial charge < -0.3 is 15.6 Å². The maximum Gasteiger partial charge on any atom is 0.0617 e. The fourth-order valence-corrected chi connectivity index (χ4v) is 1.97. The van der Waals surface area contributed by atoms with Crippen LogP contribution in [-0.2, 0) is 16.8 Å². The van der Waals surface area contributed by atoms with E-state index in [1.807, 2.05) is 0 Å². The summed E-state index contributed by atoms with van der Waals surface area (Å²) in [6.07, 6.45) is 2.27. The highest BCUT2D eigenvalue weighted by Gasteiger charge is 2.22. The third-order valence-corrected chi connectivity index (χ3v) is 2.93. The van der Waals surface area contributed by atoms with Gasteiger partial charge in [-0.2, -0.15) is 0 Å². The fourth-order valence-electron chi connectivity index (χ4n) is 1.48. The molecule has 1 aliphatic rings. The largest absolute Gasteiger partial charge is 0.772 e. The lowest BCUT2D eigenvalue weighted by molar-refractivity contribution is 0.536. The van der Waals surface area contributed by atoms with Gasteiger partial charge in [-0.1, -0.05) is 23.2 Å². The number of nitrogen functional groups attached to an aromatic ring is 1. The molecule has 0 aromatic heterocycles. The normalized spacial score (nSPS) is 17.4. The molecule has 0 amide bonds. The quantitative estimate of drug-likeness (QED) is 0.596. The van der Waals surface area contributed by atoms with E-state index in [9.17, 15) is 8.76 Å². The highest BCUT2D eigenvalue weighted by molar-refractivity contribution is 7.78. The van der Waals surface area contributed by atoms with Crippen LogP contribution >= 0.6 is 0 Å². The zero-order valence-electron chi connectivity index (χ0n) is 8.23. The van der Waals surface area contributed by atoms with Gasteiger partial charge in [0.1, 0.15) is 0 Å². The Kier molecular flexibility index (Phi) is 2.93. The van der Waals surface area contributed by atoms with Crippen molar-refractivity contribution in [3.63, 3.8) is 0 Å². The van der Waals surface area contributed by atoms with Gasteiger partial charge in [0.05, 0.1) is 11.4 Å². The monoisotopic (exact) mass is 225 g/mol. The van der Waals surface area contributed by atoms with Crippen molar-refractivity contribution in [1.29, 1.82) is 0 Å². The molecule has 0 bridgehead atoms. The van der Waals surface area contributed by atoms with E-state index in [2.05, 4.69) is 5.32 Å². The van der Waals surface area contributed by atoms with Crippen LogP contribution in [0.5, 0.6) is 0 Å². The molecule has 82 valence electrons. The van der Waals surface area contributed by atoms with Gasteiger partial charge in [-0.05, 0) is 24.5 Å². The average molecular weight is 225 g/mol. The number of nitrogens with two attached hydrogens (primary N) is 1. The molecule has 1 aromatic carbocycles. The second-order valence-corrected chi connectivity index (χ2v) is 4.64. The molecular formula is C10H13N2O2S-. The minimum atomic E-state index is -2.08. The van der Waals surface area contributed by atoms with E-state index in [1.165, 1.54) is 0 Å². The molecule has 0 radical (unpaired) electrons. The summed E-state index contributed by atoms with van der Waals surface area (Å²) in [5, 5.41) is 3.26. The minimum Gasteiger partial charge on any atom is -0.772 e. The Morgan fingerprint density at radius 2 is 2.27 bits per heavy atom. The number of para-hydroxylation sites is 1. The number of nitrogens with one attached hydrogen (secondary N) is 1. The van der Waals surface area contributed by atoms with E-state index >= 15 is 0 Å². The molecule has 1 saturated carbocycles. The number of rotatable bonds is 4. The lowest BCUT2D eigenvalue weighted by Crippen LogP contribution is -2.08. The summed E-state index contributed by atoms with van der Waals surface area (Å²) in [6, 6.07) is 5.81. The predicted molar refractivity (Wildman–Crippen MR) is 60.1 cm³/mol. The van der Waals surface area contributed by atoms with Crippen LogP contribution in [0.2, 0.25) is 0 Å². The van der Waals surface area contributed by atoms with Crippen LogP contribution in [0.3, 0.4) is 0 Å². The summed E-state index contributed by atoms with van der Waals surface area (Å²) < 4.78 is 21.3. The fraction of sp³-hybridized carbons (Fsp3) is 0.400. The molecule has 4 nitrogen and oxygen atoms in total. The standard InChI is InChI=1S/C10H14N2O2S/c11-9-3-1-2-7(6-15(13)14)10(9)12-8-4-5-8/h1-3,8,12H,4-6,11H2,(H,13,14)/p-1. The Balaban J connectivity index is 2.25. The summed E-state index contributed by atoms with van der Waals surface area (Å²) in [5.74, 6) is 0.0140. The first-order chi connectivity index (χ1) is 7.16. The van der Waals surface area contributed by atoms with Gasteiger partial charge in [-0.3, -0.25) is 4.21 Å². The van der Waals surface area contributed by atoms with Crippen LogP contribution in [0.25, 0.3) is 0 Å². The maximum atomic E-state index is 10.7. The topological polar surface area (TPSA) is 78.2 Å². The van der Waals surface area contributed by atoms with Gasteiger partial charge in [-0.15, -0.1) is 0 Å². The SMILES string of the molecule is Nc1cccc(CS(=O)[O-])c1NC1CC1. The third kappa shape index (κ3) is 2.70. The minimum absolute atomic E-state index is 0.0140. The zero-order valence-corrected chi connectivity index (χ0v) is 9.05. The van der Waals surface area contributed by atoms with Crippen molar-refractivity contribution < 1.29 is 8.76 Å². The van der Waals surface area contributed by atoms with Gasteiger partial charge >= 0.3 is 0 Å². The van der Waals surface area contributed by atoms with Gasteiger partial charge in [0, 0.05) is 11.8 Å². The van der Waals surface area contributed by atoms with Gasteiger partial charge in [0.2, 0.25) is 0 Å². The van der Waals surface area contributed by atoms with E-state index in [0.717, 1.165) is 24.1 Å². The van der Waals surface area contributed by atoms with E-state index in [-0.39, 0.29) is 5.75 Å². The second-order valence-electron chi connectivity index (χ2n) is 3.75. The maximum absolute atomic E-state index is 10.7. The first kappa shape index (κ1) is 10.4. The number of anilines is 2. The summed E-state index contributed by atoms with van der Waals surface area (Å²) >= 11 is -2.08. The Morgan fingerprint density at radius 3 is 2.87 bits per heavy atom. The molecule has 5 heteroatoms. The van der Waals surface area contributed by atoms with Crippen molar-refractivity contribution in [2.75, 3.05) is 11.1 Å². The summed E-state index contributed by atoms with van der Waals surface area (Å²) in [7, 11) is 0. The summed E-state index contributed by atoms with van der Waals surface area (Å²) in [5.41, 5.74) is 7.95. The Hall–Kier alpha value is -1.07. The zero-order chi connectivity index (χ0) is 10.8. The predicted octanol–water partition coefficient (Wildman–Crippen LogP) is 1.22. The molecule has 1 atom stereocenters. The van der Waals surface area contributed by atoms with Crippen molar-refractivity contribution in [1.82, 2.24) is 0 Å². The first-order valence-electron chi connectivity index (χ1n) is 4.86. The number of hydrogen-bond acceptors (Lipinski definition) is 4. The smallest absolute Gasteiger partial charge is 0.0617 e. The van der Waals surface area contributed by atoms with Crippen molar-refractivity contribution >= 4 is 22.5 Å². The molecule has 1 fully saturated rings. The molecule has 0 heterocycles. The van der Waals surface area contributed by atoms with Crippen molar-refractivity contribution in [2.24, 2.45) is 0 Å². The molecule has 0 aliphatic heterocycles. The second kappa shape index (κ2) is 4.20. The van der Waals surface area contributed by atoms with Gasteiger partial charge in [0.15, 0.2) is 0 Å². The molecule has 15 heavy (non-hydrogen) atoms. The van der Waals surface area contributed by atoms with E-state index in [0.29, 0.717) is 11.7 Å². The van der Waals surface area contributed by atoms with Crippen molar-refractivity contribution in [3.8, 4) is 0 Å².